The topological polar surface area (TPSA) is 57.4 Å². The maximum absolute atomic E-state index is 12.9. The van der Waals surface area contributed by atoms with Crippen molar-refractivity contribution in [1.82, 2.24) is 4.98 Å². The Balaban J connectivity index is 1.34. The van der Waals surface area contributed by atoms with E-state index in [2.05, 4.69) is 34.3 Å². The predicted molar refractivity (Wildman–Crippen MR) is 117 cm³/mol. The van der Waals surface area contributed by atoms with E-state index in [0.29, 0.717) is 11.5 Å². The molecule has 1 atom stereocenters. The maximum atomic E-state index is 12.9. The summed E-state index contributed by atoms with van der Waals surface area (Å²) in [5.41, 5.74) is 6.56. The molecule has 29 heavy (non-hydrogen) atoms. The fourth-order valence-electron chi connectivity index (χ4n) is 4.51. The molecule has 5 heteroatoms. The molecule has 3 aromatic rings. The van der Waals surface area contributed by atoms with E-state index in [1.54, 1.807) is 0 Å². The molecule has 0 saturated carbocycles. The van der Waals surface area contributed by atoms with Crippen LogP contribution in [0.2, 0.25) is 0 Å². The van der Waals surface area contributed by atoms with Gasteiger partial charge in [-0.1, -0.05) is 6.92 Å². The number of aromatic amines is 1. The number of ether oxygens (including phenoxy) is 1. The summed E-state index contributed by atoms with van der Waals surface area (Å²) in [6, 6.07) is 14.1. The molecule has 0 radical (unpaired) electrons. The molecule has 2 heterocycles. The fourth-order valence-corrected chi connectivity index (χ4v) is 4.51. The molecule has 1 aliphatic heterocycles. The van der Waals surface area contributed by atoms with Gasteiger partial charge in [0.15, 0.2) is 0 Å². The average molecular weight is 389 g/mol. The van der Waals surface area contributed by atoms with Crippen molar-refractivity contribution in [2.75, 3.05) is 36.5 Å². The summed E-state index contributed by atoms with van der Waals surface area (Å²) in [7, 11) is 0. The second kappa shape index (κ2) is 7.56. The molecule has 1 aliphatic carbocycles. The van der Waals surface area contributed by atoms with Gasteiger partial charge in [-0.15, -0.1) is 0 Å². The summed E-state index contributed by atoms with van der Waals surface area (Å²) in [5.74, 6) is 0.633. The monoisotopic (exact) mass is 389 g/mol. The standard InChI is InChI=1S/C24H27N3O2/c1-16-2-8-22-20(14-16)21-15-17(3-9-23(21)26-22)24(28)25-18-4-6-19(7-5-18)27-10-12-29-13-11-27/h3-7,9,15-16,26H,2,8,10-14H2,1H3,(H,25,28)/t16-/m1/s1. The molecule has 1 saturated heterocycles. The first kappa shape index (κ1) is 18.3. The van der Waals surface area contributed by atoms with Gasteiger partial charge in [-0.3, -0.25) is 4.79 Å². The van der Waals surface area contributed by atoms with Crippen LogP contribution in [0.1, 0.15) is 35.0 Å². The van der Waals surface area contributed by atoms with Crippen molar-refractivity contribution in [3.05, 3.63) is 59.3 Å². The highest BCUT2D eigenvalue weighted by atomic mass is 16.5. The van der Waals surface area contributed by atoms with Gasteiger partial charge in [-0.2, -0.15) is 0 Å². The Hall–Kier alpha value is -2.79. The number of anilines is 2. The molecular weight excluding hydrogens is 362 g/mol. The van der Waals surface area contributed by atoms with E-state index >= 15 is 0 Å². The van der Waals surface area contributed by atoms with Crippen LogP contribution >= 0.6 is 0 Å². The molecule has 2 N–H and O–H groups in total. The van der Waals surface area contributed by atoms with Gasteiger partial charge in [0.1, 0.15) is 0 Å². The number of rotatable bonds is 3. The van der Waals surface area contributed by atoms with Gasteiger partial charge in [0.25, 0.3) is 5.91 Å². The first-order chi connectivity index (χ1) is 14.2. The summed E-state index contributed by atoms with van der Waals surface area (Å²) in [6.07, 6.45) is 3.42. The first-order valence-corrected chi connectivity index (χ1v) is 10.5. The molecule has 2 aromatic carbocycles. The van der Waals surface area contributed by atoms with Crippen LogP contribution in [-0.2, 0) is 17.6 Å². The van der Waals surface area contributed by atoms with Crippen LogP contribution in [0.15, 0.2) is 42.5 Å². The van der Waals surface area contributed by atoms with Crippen molar-refractivity contribution in [2.24, 2.45) is 5.92 Å². The Morgan fingerprint density at radius 3 is 2.72 bits per heavy atom. The van der Waals surface area contributed by atoms with Gasteiger partial charge in [0.2, 0.25) is 0 Å². The Kier molecular flexibility index (Phi) is 4.76. The van der Waals surface area contributed by atoms with E-state index in [1.165, 1.54) is 28.8 Å². The van der Waals surface area contributed by atoms with Crippen molar-refractivity contribution in [1.29, 1.82) is 0 Å². The van der Waals surface area contributed by atoms with Crippen molar-refractivity contribution < 1.29 is 9.53 Å². The molecule has 2 aliphatic rings. The van der Waals surface area contributed by atoms with Gasteiger partial charge >= 0.3 is 0 Å². The number of nitrogens with one attached hydrogen (secondary N) is 2. The Morgan fingerprint density at radius 2 is 1.93 bits per heavy atom. The molecule has 1 amide bonds. The average Bonchev–Trinajstić information content (AvgIpc) is 3.12. The molecule has 0 unspecified atom stereocenters. The van der Waals surface area contributed by atoms with Crippen LogP contribution in [-0.4, -0.2) is 37.2 Å². The highest BCUT2D eigenvalue weighted by Crippen LogP contribution is 2.32. The zero-order valence-corrected chi connectivity index (χ0v) is 16.8. The minimum Gasteiger partial charge on any atom is -0.378 e. The largest absolute Gasteiger partial charge is 0.378 e. The molecular formula is C24H27N3O2. The first-order valence-electron chi connectivity index (χ1n) is 10.5. The van der Waals surface area contributed by atoms with E-state index in [9.17, 15) is 4.79 Å². The lowest BCUT2D eigenvalue weighted by molar-refractivity contribution is 0.102. The number of aromatic nitrogens is 1. The van der Waals surface area contributed by atoms with Crippen LogP contribution in [0.5, 0.6) is 0 Å². The Bertz CT molecular complexity index is 1030. The third kappa shape index (κ3) is 3.62. The van der Waals surface area contributed by atoms with Gasteiger partial charge in [0.05, 0.1) is 13.2 Å². The van der Waals surface area contributed by atoms with Gasteiger partial charge in [-0.25, -0.2) is 0 Å². The van der Waals surface area contributed by atoms with E-state index in [0.717, 1.165) is 50.3 Å². The minimum absolute atomic E-state index is 0.0650. The number of amides is 1. The van der Waals surface area contributed by atoms with E-state index < -0.39 is 0 Å². The lowest BCUT2D eigenvalue weighted by Gasteiger charge is -2.28. The zero-order valence-electron chi connectivity index (χ0n) is 16.8. The van der Waals surface area contributed by atoms with Gasteiger partial charge in [0, 0.05) is 46.6 Å². The Labute approximate surface area is 171 Å². The van der Waals surface area contributed by atoms with Crippen molar-refractivity contribution in [3.63, 3.8) is 0 Å². The molecule has 1 fully saturated rings. The van der Waals surface area contributed by atoms with Crippen molar-refractivity contribution in [3.8, 4) is 0 Å². The number of hydrogen-bond donors (Lipinski definition) is 2. The SMILES string of the molecule is C[C@@H]1CCc2[nH]c3ccc(C(=O)Nc4ccc(N5CCOCC5)cc4)cc3c2C1. The quantitative estimate of drug-likeness (QED) is 0.699. The van der Waals surface area contributed by atoms with Crippen LogP contribution in [0, 0.1) is 5.92 Å². The lowest BCUT2D eigenvalue weighted by atomic mass is 9.87. The van der Waals surface area contributed by atoms with E-state index in [1.807, 2.05) is 30.3 Å². The molecule has 1 aromatic heterocycles. The molecule has 0 bridgehead atoms. The second-order valence-corrected chi connectivity index (χ2v) is 8.29. The predicted octanol–water partition coefficient (Wildman–Crippen LogP) is 4.38. The van der Waals surface area contributed by atoms with Crippen LogP contribution in [0.25, 0.3) is 10.9 Å². The summed E-state index contributed by atoms with van der Waals surface area (Å²) in [5, 5.41) is 4.24. The number of hydrogen-bond acceptors (Lipinski definition) is 3. The van der Waals surface area contributed by atoms with Crippen LogP contribution in [0.3, 0.4) is 0 Å². The Morgan fingerprint density at radius 1 is 1.14 bits per heavy atom. The number of morpholine rings is 1. The molecule has 5 nitrogen and oxygen atoms in total. The third-order valence-electron chi connectivity index (χ3n) is 6.20. The number of carbonyl (C=O) groups is 1. The normalized spacial score (nSPS) is 19.2. The van der Waals surface area contributed by atoms with E-state index in [4.69, 9.17) is 4.74 Å². The summed E-state index contributed by atoms with van der Waals surface area (Å²) in [6.45, 7) is 5.65. The number of benzene rings is 2. The number of fused-ring (bicyclic) bond motifs is 3. The maximum Gasteiger partial charge on any atom is 0.255 e. The summed E-state index contributed by atoms with van der Waals surface area (Å²) < 4.78 is 5.41. The molecule has 150 valence electrons. The lowest BCUT2D eigenvalue weighted by Crippen LogP contribution is -2.36. The van der Waals surface area contributed by atoms with Gasteiger partial charge < -0.3 is 19.9 Å². The van der Waals surface area contributed by atoms with E-state index in [-0.39, 0.29) is 5.91 Å². The number of carbonyl (C=O) groups excluding carboxylic acids is 1. The minimum atomic E-state index is -0.0650. The summed E-state index contributed by atoms with van der Waals surface area (Å²) >= 11 is 0. The highest BCUT2D eigenvalue weighted by Gasteiger charge is 2.20. The van der Waals surface area contributed by atoms with Crippen LogP contribution in [0.4, 0.5) is 11.4 Å². The van der Waals surface area contributed by atoms with Crippen molar-refractivity contribution in [2.45, 2.75) is 26.2 Å². The third-order valence-corrected chi connectivity index (χ3v) is 6.20. The van der Waals surface area contributed by atoms with Crippen LogP contribution < -0.4 is 10.2 Å². The van der Waals surface area contributed by atoms with Crippen molar-refractivity contribution >= 4 is 28.2 Å². The second-order valence-electron chi connectivity index (χ2n) is 8.29. The van der Waals surface area contributed by atoms with Gasteiger partial charge in [-0.05, 0) is 73.2 Å². The smallest absolute Gasteiger partial charge is 0.255 e. The molecule has 5 rings (SSSR count). The fraction of sp³-hybridized carbons (Fsp3) is 0.375. The summed E-state index contributed by atoms with van der Waals surface area (Å²) in [4.78, 5) is 18.7. The number of nitrogens with zero attached hydrogens (tertiary/aromatic N) is 1. The highest BCUT2D eigenvalue weighted by molar-refractivity contribution is 6.06. The number of H-pyrrole nitrogens is 1. The molecule has 0 spiro atoms. The number of aryl methyl sites for hydroxylation is 1. The zero-order chi connectivity index (χ0) is 19.8.